The molecule has 1 aromatic heterocycles. The zero-order valence-electron chi connectivity index (χ0n) is 9.87. The summed E-state index contributed by atoms with van der Waals surface area (Å²) in [6.45, 7) is 3.09. The molecule has 0 bridgehead atoms. The normalized spacial score (nSPS) is 11.2. The quantitative estimate of drug-likeness (QED) is 0.619. The Morgan fingerprint density at radius 2 is 2.25 bits per heavy atom. The summed E-state index contributed by atoms with van der Waals surface area (Å²) in [4.78, 5) is 22.8. The van der Waals surface area contributed by atoms with Crippen LogP contribution in [0.15, 0.2) is 27.4 Å². The minimum atomic E-state index is -0.528. The summed E-state index contributed by atoms with van der Waals surface area (Å²) in [6.07, 6.45) is 0. The third-order valence-corrected chi connectivity index (χ3v) is 2.43. The number of benzene rings is 1. The van der Waals surface area contributed by atoms with Crippen LogP contribution in [0.4, 0.5) is 0 Å². The first-order valence-electron chi connectivity index (χ1n) is 5.17. The number of carbonyl (C=O) groups excluding carboxylic acids is 1. The van der Waals surface area contributed by atoms with E-state index in [4.69, 9.17) is 5.85 Å². The van der Waals surface area contributed by atoms with Crippen molar-refractivity contribution >= 4 is 16.8 Å². The first-order chi connectivity index (χ1) is 8.04. The van der Waals surface area contributed by atoms with Gasteiger partial charge in [0, 0.05) is 11.5 Å². The van der Waals surface area contributed by atoms with E-state index in [1.165, 1.54) is 19.1 Å². The number of rotatable bonds is 2. The van der Waals surface area contributed by atoms with Gasteiger partial charge in [-0.05, 0) is 31.5 Å². The van der Waals surface area contributed by atoms with Crippen molar-refractivity contribution in [3.8, 4) is 5.75 Å². The van der Waals surface area contributed by atoms with Gasteiger partial charge in [0.1, 0.15) is 11.3 Å². The highest BCUT2D eigenvalue weighted by molar-refractivity contribution is 6.07. The van der Waals surface area contributed by atoms with Crippen LogP contribution < -0.4 is 5.63 Å². The van der Waals surface area contributed by atoms with E-state index >= 15 is 0 Å². The molecule has 0 aliphatic carbocycles. The molecule has 0 atom stereocenters. The molecule has 82 valence electrons. The maximum absolute atomic E-state index is 11.5. The molecule has 0 saturated carbocycles. The fourth-order valence-corrected chi connectivity index (χ4v) is 1.70. The minimum Gasteiger partial charge on any atom is -0.507 e. The molecule has 0 aliphatic heterocycles. The third-order valence-electron chi connectivity index (χ3n) is 2.43. The Labute approximate surface area is 92.6 Å². The maximum atomic E-state index is 11.5. The highest BCUT2D eigenvalue weighted by Crippen LogP contribution is 2.28. The van der Waals surface area contributed by atoms with Gasteiger partial charge in [0.2, 0.25) is 0 Å². The summed E-state index contributed by atoms with van der Waals surface area (Å²) >= 11 is 0. The lowest BCUT2D eigenvalue weighted by molar-refractivity contribution is 0.101. The largest absolute Gasteiger partial charge is 0.507 e. The fourth-order valence-electron chi connectivity index (χ4n) is 1.70. The van der Waals surface area contributed by atoms with E-state index in [1.54, 1.807) is 13.0 Å². The summed E-state index contributed by atoms with van der Waals surface area (Å²) in [5.41, 5.74) is 0.487. The molecule has 16 heavy (non-hydrogen) atoms. The predicted molar refractivity (Wildman–Crippen MR) is 58.9 cm³/mol. The van der Waals surface area contributed by atoms with Crippen LogP contribution in [0.2, 0.25) is 0 Å². The number of hydrogen-bond donors (Lipinski definition) is 1. The van der Waals surface area contributed by atoms with Crippen molar-refractivity contribution in [2.75, 3.05) is 0 Å². The van der Waals surface area contributed by atoms with Gasteiger partial charge >= 0.3 is 5.63 Å². The molecule has 0 unspecified atom stereocenters. The molecule has 1 heterocycles. The zero-order chi connectivity index (χ0) is 12.6. The number of phenols is 1. The predicted octanol–water partition coefficient (Wildman–Crippen LogP) is 2.01. The van der Waals surface area contributed by atoms with E-state index in [9.17, 15) is 9.59 Å². The van der Waals surface area contributed by atoms with Crippen LogP contribution in [0, 0.1) is 6.92 Å². The second kappa shape index (κ2) is 3.48. The van der Waals surface area contributed by atoms with Crippen LogP contribution in [-0.2, 0) is 0 Å². The highest BCUT2D eigenvalue weighted by atomic mass is 16.4. The molecular formula is C12H10O4. The first kappa shape index (κ1) is 9.15. The Bertz CT molecular complexity index is 657. The van der Waals surface area contributed by atoms with Crippen molar-refractivity contribution in [2.24, 2.45) is 0 Å². The average Bonchev–Trinajstić information content (AvgIpc) is 2.26. The molecule has 0 fully saturated rings. The molecule has 4 heteroatoms. The number of carbonyl (C=O) groups is 1. The standard InChI is InChI=1S/C12H10O4/c1-6-5-10(15)16-12-8(6)3-4-9(14)11(12)7(2)13/h3-5,14H,1-2H3/i/hD. The van der Waals surface area contributed by atoms with E-state index in [-0.39, 0.29) is 22.7 Å². The molecule has 0 spiro atoms. The van der Waals surface area contributed by atoms with E-state index in [0.29, 0.717) is 5.39 Å². The maximum Gasteiger partial charge on any atom is 0.336 e. The number of Topliss-reactive ketones (excluding diaryl/α,β-unsaturated/α-hetero) is 1. The zero-order valence-corrected chi connectivity index (χ0v) is 8.87. The van der Waals surface area contributed by atoms with Crippen LogP contribution in [0.25, 0.3) is 11.0 Å². The van der Waals surface area contributed by atoms with Crippen molar-refractivity contribution in [3.05, 3.63) is 39.7 Å². The molecule has 0 saturated heterocycles. The SMILES string of the molecule is [2H]Oc1ccc2c(C)cc(=O)oc2c1C(C)=O. The lowest BCUT2D eigenvalue weighted by Crippen LogP contribution is -2.02. The third kappa shape index (κ3) is 1.48. The number of aromatic hydroxyl groups is 1. The Hall–Kier alpha value is -2.10. The van der Waals surface area contributed by atoms with Gasteiger partial charge in [0.05, 0.1) is 0 Å². The summed E-state index contributed by atoms with van der Waals surface area (Å²) in [5.74, 6) is -0.231. The van der Waals surface area contributed by atoms with Crippen molar-refractivity contribution < 1.29 is 14.3 Å². The van der Waals surface area contributed by atoms with E-state index in [2.05, 4.69) is 5.11 Å². The van der Waals surface area contributed by atoms with E-state index < -0.39 is 5.63 Å². The number of phenolic OH excluding ortho intramolecular Hbond substituents is 1. The molecule has 0 aliphatic rings. The first-order valence-corrected chi connectivity index (χ1v) is 4.76. The molecule has 1 aromatic carbocycles. The number of hydrogen-bond acceptors (Lipinski definition) is 4. The van der Waals surface area contributed by atoms with Gasteiger partial charge in [0.25, 0.3) is 1.43 Å². The fraction of sp³-hybridized carbons (Fsp3) is 0.167. The molecule has 1 N–H and O–H groups in total. The van der Waals surface area contributed by atoms with Gasteiger partial charge in [-0.2, -0.15) is 0 Å². The topological polar surface area (TPSA) is 67.5 Å². The van der Waals surface area contributed by atoms with Crippen molar-refractivity contribution in [1.29, 1.82) is 1.43 Å². The Morgan fingerprint density at radius 1 is 1.50 bits per heavy atom. The number of ketones is 1. The van der Waals surface area contributed by atoms with E-state index in [1.807, 2.05) is 0 Å². The molecular weight excluding hydrogens is 208 g/mol. The summed E-state index contributed by atoms with van der Waals surface area (Å²) in [6, 6.07) is 4.52. The Kier molecular flexibility index (Phi) is 1.99. The van der Waals surface area contributed by atoms with Crippen LogP contribution in [0.1, 0.15) is 22.8 Å². The van der Waals surface area contributed by atoms with Gasteiger partial charge in [-0.25, -0.2) is 4.79 Å². The smallest absolute Gasteiger partial charge is 0.336 e. The van der Waals surface area contributed by atoms with Crippen molar-refractivity contribution in [2.45, 2.75) is 13.8 Å². The molecule has 2 rings (SSSR count). The Balaban J connectivity index is 2.99. The van der Waals surface area contributed by atoms with Gasteiger partial charge < -0.3 is 9.53 Å². The van der Waals surface area contributed by atoms with Gasteiger partial charge in [-0.1, -0.05) is 0 Å². The minimum absolute atomic E-state index is 0.0822. The monoisotopic (exact) mass is 219 g/mol. The molecule has 4 nitrogen and oxygen atoms in total. The van der Waals surface area contributed by atoms with Gasteiger partial charge in [-0.15, -0.1) is 0 Å². The molecule has 0 radical (unpaired) electrons. The van der Waals surface area contributed by atoms with Crippen LogP contribution in [0.3, 0.4) is 0 Å². The molecule has 0 amide bonds. The van der Waals surface area contributed by atoms with Gasteiger partial charge in [0.15, 0.2) is 11.4 Å². The number of aryl methyl sites for hydroxylation is 1. The lowest BCUT2D eigenvalue weighted by Gasteiger charge is -2.05. The van der Waals surface area contributed by atoms with Crippen molar-refractivity contribution in [3.63, 3.8) is 0 Å². The Morgan fingerprint density at radius 3 is 2.88 bits per heavy atom. The highest BCUT2D eigenvalue weighted by Gasteiger charge is 2.15. The summed E-state index contributed by atoms with van der Waals surface area (Å²) < 4.78 is 11.9. The lowest BCUT2D eigenvalue weighted by atomic mass is 10.0. The van der Waals surface area contributed by atoms with Crippen LogP contribution in [0.5, 0.6) is 5.75 Å². The second-order valence-corrected chi connectivity index (χ2v) is 3.62. The summed E-state index contributed by atoms with van der Waals surface area (Å²) in [7, 11) is 0. The molecule has 2 aromatic rings. The van der Waals surface area contributed by atoms with Crippen LogP contribution in [-0.4, -0.2) is 12.3 Å². The van der Waals surface area contributed by atoms with Crippen molar-refractivity contribution in [1.82, 2.24) is 0 Å². The summed E-state index contributed by atoms with van der Waals surface area (Å²) in [5, 5.41) is 5.02. The van der Waals surface area contributed by atoms with Crippen LogP contribution >= 0.6 is 0 Å². The average molecular weight is 219 g/mol. The van der Waals surface area contributed by atoms with E-state index in [0.717, 1.165) is 5.56 Å². The second-order valence-electron chi connectivity index (χ2n) is 3.62. The van der Waals surface area contributed by atoms with Gasteiger partial charge in [-0.3, -0.25) is 4.79 Å². The number of fused-ring (bicyclic) bond motifs is 1.